The predicted molar refractivity (Wildman–Crippen MR) is 104 cm³/mol. The Morgan fingerprint density at radius 2 is 1.50 bits per heavy atom. The van der Waals surface area contributed by atoms with Crippen LogP contribution in [0.3, 0.4) is 0 Å². The maximum atomic E-state index is 9.10. The fourth-order valence-electron chi connectivity index (χ4n) is 2.60. The van der Waals surface area contributed by atoms with Crippen LogP contribution in [0.5, 0.6) is 11.5 Å². The summed E-state index contributed by atoms with van der Waals surface area (Å²) in [6.07, 6.45) is 2.64. The first-order valence-electron chi connectivity index (χ1n) is 9.54. The molecule has 158 valence electrons. The van der Waals surface area contributed by atoms with E-state index in [1.807, 2.05) is 31.2 Å². The van der Waals surface area contributed by atoms with E-state index in [0.29, 0.717) is 19.8 Å². The molecule has 0 spiro atoms. The second-order valence-electron chi connectivity index (χ2n) is 6.50. The normalized spacial score (nSPS) is 14.6. The number of ether oxygens (including phenoxy) is 3. The van der Waals surface area contributed by atoms with E-state index in [-0.39, 0.29) is 0 Å². The Morgan fingerprint density at radius 1 is 0.964 bits per heavy atom. The lowest BCUT2D eigenvalue weighted by atomic mass is 9.99. The van der Waals surface area contributed by atoms with Crippen LogP contribution >= 0.6 is 0 Å². The van der Waals surface area contributed by atoms with E-state index in [2.05, 4.69) is 11.8 Å². The number of hydrogen-bond donors (Lipinski definition) is 2. The predicted octanol–water partition coefficient (Wildman–Crippen LogP) is 2.37. The highest BCUT2D eigenvalue weighted by Gasteiger charge is 2.14. The van der Waals surface area contributed by atoms with E-state index in [0.717, 1.165) is 30.6 Å². The summed E-state index contributed by atoms with van der Waals surface area (Å²) >= 11 is 0. The van der Waals surface area contributed by atoms with Gasteiger partial charge in [-0.2, -0.15) is 0 Å². The quantitative estimate of drug-likeness (QED) is 0.483. The molecule has 2 rings (SSSR count). The summed E-state index contributed by atoms with van der Waals surface area (Å²) in [6, 6.07) is 7.72. The third kappa shape index (κ3) is 10.7. The monoisotopic (exact) mass is 397 g/mol. The number of hydrogen-bond acceptors (Lipinski definition) is 6. The average Bonchev–Trinajstić information content (AvgIpc) is 2.68. The van der Waals surface area contributed by atoms with Crippen LogP contribution in [-0.2, 0) is 14.3 Å². The Morgan fingerprint density at radius 3 is 2.00 bits per heavy atom. The van der Waals surface area contributed by atoms with Crippen LogP contribution in [0.4, 0.5) is 0 Å². The third-order valence-electron chi connectivity index (χ3n) is 4.24. The molecule has 0 unspecified atom stereocenters. The SMILES string of the molecule is CCOc1ccc(OCCOCCN2CCC(C)CC2)cc1.O=C(O)C(=O)O. The number of aliphatic carboxylic acids is 2. The molecule has 8 heteroatoms. The maximum Gasteiger partial charge on any atom is 0.414 e. The molecule has 0 saturated carbocycles. The molecule has 0 aliphatic carbocycles. The average molecular weight is 397 g/mol. The smallest absolute Gasteiger partial charge is 0.414 e. The lowest BCUT2D eigenvalue weighted by Crippen LogP contribution is -2.35. The van der Waals surface area contributed by atoms with Crippen LogP contribution in [0, 0.1) is 5.92 Å². The zero-order valence-corrected chi connectivity index (χ0v) is 16.6. The van der Waals surface area contributed by atoms with Crippen molar-refractivity contribution >= 4 is 11.9 Å². The Labute approximate surface area is 166 Å². The molecule has 1 heterocycles. The fraction of sp³-hybridized carbons (Fsp3) is 0.600. The first kappa shape index (κ1) is 23.7. The van der Waals surface area contributed by atoms with Gasteiger partial charge in [-0.05, 0) is 63.0 Å². The van der Waals surface area contributed by atoms with Gasteiger partial charge in [0, 0.05) is 6.54 Å². The fourth-order valence-corrected chi connectivity index (χ4v) is 2.60. The highest BCUT2D eigenvalue weighted by Crippen LogP contribution is 2.17. The summed E-state index contributed by atoms with van der Waals surface area (Å²) in [6.45, 7) is 10.5. The van der Waals surface area contributed by atoms with Crippen molar-refractivity contribution in [2.75, 3.05) is 46.1 Å². The highest BCUT2D eigenvalue weighted by atomic mass is 16.5. The highest BCUT2D eigenvalue weighted by molar-refractivity contribution is 6.27. The van der Waals surface area contributed by atoms with Gasteiger partial charge in [-0.3, -0.25) is 0 Å². The molecule has 2 N–H and O–H groups in total. The zero-order valence-electron chi connectivity index (χ0n) is 16.6. The first-order chi connectivity index (χ1) is 13.4. The number of carbonyl (C=O) groups is 2. The van der Waals surface area contributed by atoms with Gasteiger partial charge in [-0.1, -0.05) is 6.92 Å². The van der Waals surface area contributed by atoms with E-state index in [9.17, 15) is 0 Å². The van der Waals surface area contributed by atoms with Gasteiger partial charge in [0.1, 0.15) is 18.1 Å². The lowest BCUT2D eigenvalue weighted by molar-refractivity contribution is -0.159. The second-order valence-corrected chi connectivity index (χ2v) is 6.50. The van der Waals surface area contributed by atoms with Gasteiger partial charge in [0.2, 0.25) is 0 Å². The van der Waals surface area contributed by atoms with Crippen molar-refractivity contribution < 1.29 is 34.0 Å². The summed E-state index contributed by atoms with van der Waals surface area (Å²) < 4.78 is 16.7. The number of benzene rings is 1. The first-order valence-corrected chi connectivity index (χ1v) is 9.54. The van der Waals surface area contributed by atoms with Crippen LogP contribution < -0.4 is 9.47 Å². The third-order valence-corrected chi connectivity index (χ3v) is 4.24. The van der Waals surface area contributed by atoms with Gasteiger partial charge in [0.05, 0.1) is 19.8 Å². The molecule has 1 aliphatic heterocycles. The Hall–Kier alpha value is -2.32. The van der Waals surface area contributed by atoms with Crippen LogP contribution in [0.1, 0.15) is 26.7 Å². The van der Waals surface area contributed by atoms with Crippen molar-refractivity contribution in [2.24, 2.45) is 5.92 Å². The summed E-state index contributed by atoms with van der Waals surface area (Å²) in [5.41, 5.74) is 0. The molecule has 0 radical (unpaired) electrons. The van der Waals surface area contributed by atoms with Crippen LogP contribution in [0.2, 0.25) is 0 Å². The van der Waals surface area contributed by atoms with Crippen LogP contribution in [-0.4, -0.2) is 73.1 Å². The minimum atomic E-state index is -1.82. The molecule has 0 atom stereocenters. The lowest BCUT2D eigenvalue weighted by Gasteiger charge is -2.29. The topological polar surface area (TPSA) is 106 Å². The molecule has 1 saturated heterocycles. The Kier molecular flexibility index (Phi) is 11.7. The van der Waals surface area contributed by atoms with Crippen molar-refractivity contribution in [3.63, 3.8) is 0 Å². The largest absolute Gasteiger partial charge is 0.494 e. The minimum absolute atomic E-state index is 0.588. The van der Waals surface area contributed by atoms with Gasteiger partial charge < -0.3 is 29.3 Å². The summed E-state index contributed by atoms with van der Waals surface area (Å²) in [7, 11) is 0. The molecular formula is C20H31NO7. The van der Waals surface area contributed by atoms with Crippen molar-refractivity contribution in [1.82, 2.24) is 4.90 Å². The standard InChI is InChI=1S/C18H29NO3.C2H2O4/c1-3-21-17-4-6-18(7-5-17)22-15-14-20-13-12-19-10-8-16(2)9-11-19;3-1(4)2(5)6/h4-7,16H,3,8-15H2,1-2H3;(H,3,4)(H,5,6). The van der Waals surface area contributed by atoms with E-state index in [4.69, 9.17) is 34.0 Å². The number of piperidine rings is 1. The molecule has 1 aromatic rings. The number of nitrogens with zero attached hydrogens (tertiary/aromatic N) is 1. The summed E-state index contributed by atoms with van der Waals surface area (Å²) in [4.78, 5) is 20.7. The van der Waals surface area contributed by atoms with Gasteiger partial charge in [-0.25, -0.2) is 9.59 Å². The number of likely N-dealkylation sites (tertiary alicyclic amines) is 1. The number of rotatable bonds is 9. The van der Waals surface area contributed by atoms with E-state index >= 15 is 0 Å². The van der Waals surface area contributed by atoms with Crippen LogP contribution in [0.15, 0.2) is 24.3 Å². The molecule has 0 amide bonds. The molecule has 28 heavy (non-hydrogen) atoms. The summed E-state index contributed by atoms with van der Waals surface area (Å²) in [5, 5.41) is 14.8. The Balaban J connectivity index is 0.000000568. The summed E-state index contributed by atoms with van der Waals surface area (Å²) in [5.74, 6) is -1.02. The van der Waals surface area contributed by atoms with Crippen molar-refractivity contribution in [3.05, 3.63) is 24.3 Å². The van der Waals surface area contributed by atoms with E-state index < -0.39 is 11.9 Å². The molecule has 8 nitrogen and oxygen atoms in total. The molecule has 0 bridgehead atoms. The van der Waals surface area contributed by atoms with Gasteiger partial charge in [0.15, 0.2) is 0 Å². The van der Waals surface area contributed by atoms with Crippen LogP contribution in [0.25, 0.3) is 0 Å². The minimum Gasteiger partial charge on any atom is -0.494 e. The van der Waals surface area contributed by atoms with Crippen molar-refractivity contribution in [3.8, 4) is 11.5 Å². The van der Waals surface area contributed by atoms with Gasteiger partial charge in [0.25, 0.3) is 0 Å². The Bertz CT molecular complexity index is 556. The van der Waals surface area contributed by atoms with Gasteiger partial charge in [-0.15, -0.1) is 0 Å². The molecule has 1 aromatic carbocycles. The number of carboxylic acid groups (broad SMARTS) is 2. The second kappa shape index (κ2) is 13.8. The van der Waals surface area contributed by atoms with Gasteiger partial charge >= 0.3 is 11.9 Å². The maximum absolute atomic E-state index is 9.10. The van der Waals surface area contributed by atoms with Crippen molar-refractivity contribution in [1.29, 1.82) is 0 Å². The van der Waals surface area contributed by atoms with Crippen molar-refractivity contribution in [2.45, 2.75) is 26.7 Å². The zero-order chi connectivity index (χ0) is 20.8. The van der Waals surface area contributed by atoms with E-state index in [1.54, 1.807) is 0 Å². The molecule has 0 aromatic heterocycles. The van der Waals surface area contributed by atoms with E-state index in [1.165, 1.54) is 25.9 Å². The molecule has 1 aliphatic rings. The molecule has 1 fully saturated rings. The molecular weight excluding hydrogens is 366 g/mol. The number of carboxylic acids is 2.